The highest BCUT2D eigenvalue weighted by molar-refractivity contribution is 6.27. The summed E-state index contributed by atoms with van der Waals surface area (Å²) < 4.78 is 2.11. The van der Waals surface area contributed by atoms with Crippen LogP contribution < -0.4 is 10.0 Å². The Morgan fingerprint density at radius 3 is 1.63 bits per heavy atom. The lowest BCUT2D eigenvalue weighted by Crippen LogP contribution is -2.30. The Kier molecular flexibility index (Phi) is 8.36. The molecule has 5 aromatic rings. The number of hydrogen-bond donors (Lipinski definition) is 4. The van der Waals surface area contributed by atoms with Crippen LogP contribution in [0.4, 0.5) is 5.69 Å². The van der Waals surface area contributed by atoms with Crippen molar-refractivity contribution in [2.24, 2.45) is 0 Å². The van der Waals surface area contributed by atoms with Crippen LogP contribution in [-0.4, -0.2) is 56.9 Å². The summed E-state index contributed by atoms with van der Waals surface area (Å²) in [4.78, 5) is 5.68. The van der Waals surface area contributed by atoms with Gasteiger partial charge in [-0.1, -0.05) is 42.2 Å². The Morgan fingerprint density at radius 2 is 1.19 bits per heavy atom. The van der Waals surface area contributed by atoms with Crippen LogP contribution in [0.2, 0.25) is 0 Å². The smallest absolute Gasteiger partial charge is 0.270 e. The molecule has 0 atom stereocenters. The molecule has 0 unspecified atom stereocenters. The van der Waals surface area contributed by atoms with Crippen LogP contribution >= 0.6 is 0 Å². The summed E-state index contributed by atoms with van der Waals surface area (Å²) in [5, 5.41) is 73.7. The molecule has 0 bridgehead atoms. The fourth-order valence-corrected chi connectivity index (χ4v) is 8.07. The molecule has 0 amide bonds. The number of nitriles is 1. The molecule has 0 spiro atoms. The fourth-order valence-electron chi connectivity index (χ4n) is 8.07. The van der Waals surface area contributed by atoms with Gasteiger partial charge in [0.15, 0.2) is 0 Å². The average molecular weight is 689 g/mol. The normalized spacial score (nSPS) is 14.5. The Balaban J connectivity index is 1.73. The molecule has 258 valence electrons. The molecule has 52 heavy (non-hydrogen) atoms. The van der Waals surface area contributed by atoms with Crippen molar-refractivity contribution in [2.45, 2.75) is 27.7 Å². The highest BCUT2D eigenvalue weighted by Gasteiger charge is 2.41. The summed E-state index contributed by atoms with van der Waals surface area (Å²) in [6.45, 7) is 18.6. The molecule has 0 fully saturated rings. The molecule has 5 aromatic carbocycles. The molecule has 9 heteroatoms. The summed E-state index contributed by atoms with van der Waals surface area (Å²) in [5.74, 6) is -1.14. The monoisotopic (exact) mass is 688 g/mol. The van der Waals surface area contributed by atoms with Gasteiger partial charge in [0.05, 0.1) is 29.5 Å². The van der Waals surface area contributed by atoms with E-state index in [1.165, 1.54) is 24.3 Å². The van der Waals surface area contributed by atoms with E-state index in [1.807, 2.05) is 58.0 Å². The quantitative estimate of drug-likeness (QED) is 0.0631. The van der Waals surface area contributed by atoms with Gasteiger partial charge in [0.25, 0.3) is 5.70 Å². The van der Waals surface area contributed by atoms with Gasteiger partial charge >= 0.3 is 0 Å². The minimum Gasteiger partial charge on any atom is -0.872 e. The van der Waals surface area contributed by atoms with Crippen LogP contribution in [0.5, 0.6) is 23.0 Å². The SMILES string of the molecule is [C-]#[N+]/C(C#N)=C1\C(=C2c3c(O)cccc3C(=[N+](CC)CC)c3cccc(O)c32)C([O-])=C1c1c2c(O)cccc2c(N(CC)CC)c2cccc(O)c12. The summed E-state index contributed by atoms with van der Waals surface area (Å²) in [6, 6.07) is 22.2. The van der Waals surface area contributed by atoms with E-state index in [-0.39, 0.29) is 78.5 Å². The van der Waals surface area contributed by atoms with Gasteiger partial charge in [0, 0.05) is 62.5 Å². The molecule has 0 aliphatic heterocycles. The molecule has 0 radical (unpaired) electrons. The first-order chi connectivity index (χ1) is 25.2. The molecule has 0 aromatic heterocycles. The number of allylic oxidation sites excluding steroid dienone is 3. The van der Waals surface area contributed by atoms with Gasteiger partial charge in [0.2, 0.25) is 5.71 Å². The second-order valence-electron chi connectivity index (χ2n) is 12.6. The second-order valence-corrected chi connectivity index (χ2v) is 12.6. The molecule has 0 heterocycles. The Labute approximate surface area is 301 Å². The first-order valence-electron chi connectivity index (χ1n) is 17.3. The molecular formula is C43H36N4O5. The lowest BCUT2D eigenvalue weighted by molar-refractivity contribution is -0.519. The molecule has 0 saturated carbocycles. The van der Waals surface area contributed by atoms with E-state index in [9.17, 15) is 25.7 Å². The van der Waals surface area contributed by atoms with Crippen LogP contribution in [-0.2, 0) is 0 Å². The number of benzene rings is 5. The standard InChI is InChI=1S/C43H36N4O5/c1-6-46(7-2)41-23-14-10-18-28(48)32(23)37(33-24(41)15-11-19-29(33)49)39-36(27(22-44)45-5)40(43(39)52)38-34-25(16-12-20-30(34)50)42(47(8-3)9-4)26-17-13-21-31(51)35(26)38/h10-21H,6-9H2,1-4H3,(H4-,48,49,50,51,52). The number of hydrogen-bond acceptors (Lipinski definition) is 7. The van der Waals surface area contributed by atoms with Gasteiger partial charge in [-0.25, -0.2) is 14.7 Å². The third-order valence-corrected chi connectivity index (χ3v) is 10.3. The number of phenols is 4. The number of rotatable bonds is 6. The zero-order valence-corrected chi connectivity index (χ0v) is 29.2. The number of aromatic hydroxyl groups is 4. The zero-order chi connectivity index (χ0) is 37.0. The van der Waals surface area contributed by atoms with E-state index in [0.717, 1.165) is 11.4 Å². The van der Waals surface area contributed by atoms with E-state index < -0.39 is 5.76 Å². The van der Waals surface area contributed by atoms with E-state index in [2.05, 4.69) is 14.3 Å². The average Bonchev–Trinajstić information content (AvgIpc) is 3.14. The molecule has 4 N–H and O–H groups in total. The van der Waals surface area contributed by atoms with Gasteiger partial charge in [-0.05, 0) is 75.2 Å². The highest BCUT2D eigenvalue weighted by Crippen LogP contribution is 2.58. The van der Waals surface area contributed by atoms with Gasteiger partial charge < -0.3 is 30.4 Å². The Hall–Kier alpha value is -6.71. The van der Waals surface area contributed by atoms with Gasteiger partial charge in [-0.3, -0.25) is 0 Å². The Morgan fingerprint density at radius 1 is 0.712 bits per heavy atom. The van der Waals surface area contributed by atoms with Crippen LogP contribution in [0.3, 0.4) is 0 Å². The topological polar surface area (TPSA) is 138 Å². The third kappa shape index (κ3) is 4.63. The van der Waals surface area contributed by atoms with Crippen molar-refractivity contribution in [3.05, 3.63) is 135 Å². The van der Waals surface area contributed by atoms with Crippen LogP contribution in [0.15, 0.2) is 95.4 Å². The maximum Gasteiger partial charge on any atom is 0.270 e. The molecule has 0 saturated heterocycles. The van der Waals surface area contributed by atoms with Gasteiger partial charge in [-0.2, -0.15) is 0 Å². The van der Waals surface area contributed by atoms with E-state index >= 15 is 5.11 Å². The fraction of sp³-hybridized carbons (Fsp3) is 0.186. The lowest BCUT2D eigenvalue weighted by Gasteiger charge is -2.41. The highest BCUT2D eigenvalue weighted by atomic mass is 16.3. The third-order valence-electron chi connectivity index (χ3n) is 10.3. The van der Waals surface area contributed by atoms with Crippen LogP contribution in [0.1, 0.15) is 55.5 Å². The molecule has 2 aliphatic carbocycles. The van der Waals surface area contributed by atoms with Gasteiger partial charge in [-0.15, -0.1) is 0 Å². The molecule has 2 aliphatic rings. The van der Waals surface area contributed by atoms with Crippen molar-refractivity contribution in [3.8, 4) is 29.1 Å². The summed E-state index contributed by atoms with van der Waals surface area (Å²) in [7, 11) is 0. The Bertz CT molecular complexity index is 2450. The number of phenolic OH excluding ortho intramolecular Hbond substituents is 4. The summed E-state index contributed by atoms with van der Waals surface area (Å²) in [5.41, 5.74) is 3.32. The van der Waals surface area contributed by atoms with Crippen molar-refractivity contribution >= 4 is 44.1 Å². The minimum atomic E-state index is -0.569. The minimum absolute atomic E-state index is 0.0110. The maximum absolute atomic E-state index is 15.1. The predicted molar refractivity (Wildman–Crippen MR) is 201 cm³/mol. The summed E-state index contributed by atoms with van der Waals surface area (Å²) in [6.07, 6.45) is 0. The number of fused-ring (bicyclic) bond motifs is 4. The first-order valence-corrected chi connectivity index (χ1v) is 17.3. The maximum atomic E-state index is 15.1. The molecule has 7 rings (SSSR count). The second kappa shape index (κ2) is 12.9. The first kappa shape index (κ1) is 33.8. The summed E-state index contributed by atoms with van der Waals surface area (Å²) >= 11 is 0. The zero-order valence-electron chi connectivity index (χ0n) is 29.2. The predicted octanol–water partition coefficient (Wildman–Crippen LogP) is 7.15. The molecular weight excluding hydrogens is 652 g/mol. The van der Waals surface area contributed by atoms with Crippen molar-refractivity contribution in [1.82, 2.24) is 0 Å². The van der Waals surface area contributed by atoms with E-state index in [4.69, 9.17) is 6.57 Å². The van der Waals surface area contributed by atoms with Crippen LogP contribution in [0, 0.1) is 17.9 Å². The lowest BCUT2D eigenvalue weighted by atomic mass is 9.68. The largest absolute Gasteiger partial charge is 0.872 e. The van der Waals surface area contributed by atoms with Crippen molar-refractivity contribution in [3.63, 3.8) is 0 Å². The van der Waals surface area contributed by atoms with E-state index in [1.54, 1.807) is 24.3 Å². The van der Waals surface area contributed by atoms with Gasteiger partial charge in [0.1, 0.15) is 36.1 Å². The van der Waals surface area contributed by atoms with E-state index in [0.29, 0.717) is 48.1 Å². The van der Waals surface area contributed by atoms with Crippen LogP contribution in [0.25, 0.3) is 37.5 Å². The van der Waals surface area contributed by atoms with Crippen molar-refractivity contribution in [1.29, 1.82) is 5.26 Å². The van der Waals surface area contributed by atoms with Crippen molar-refractivity contribution < 1.29 is 30.1 Å². The number of anilines is 1. The molecule has 9 nitrogen and oxygen atoms in total. The number of nitrogens with zero attached hydrogens (tertiary/aromatic N) is 4. The van der Waals surface area contributed by atoms with Crippen molar-refractivity contribution in [2.75, 3.05) is 31.1 Å².